The first kappa shape index (κ1) is 15.5. The number of rotatable bonds is 5. The third kappa shape index (κ3) is 4.29. The fourth-order valence-corrected chi connectivity index (χ4v) is 2.38. The van der Waals surface area contributed by atoms with Gasteiger partial charge in [0.05, 0.1) is 13.2 Å². The molecule has 0 bridgehead atoms. The fourth-order valence-electron chi connectivity index (χ4n) is 2.38. The van der Waals surface area contributed by atoms with Crippen LogP contribution in [0.3, 0.4) is 0 Å². The zero-order chi connectivity index (χ0) is 15.2. The summed E-state index contributed by atoms with van der Waals surface area (Å²) < 4.78 is 5.11. The Morgan fingerprint density at radius 2 is 1.95 bits per heavy atom. The second-order valence-corrected chi connectivity index (χ2v) is 5.21. The van der Waals surface area contributed by atoms with Gasteiger partial charge in [-0.2, -0.15) is 0 Å². The Morgan fingerprint density at radius 1 is 1.29 bits per heavy atom. The van der Waals surface area contributed by atoms with Crippen molar-refractivity contribution in [1.29, 1.82) is 0 Å². The van der Waals surface area contributed by atoms with Gasteiger partial charge in [-0.25, -0.2) is 4.79 Å². The number of benzene rings is 1. The van der Waals surface area contributed by atoms with Crippen molar-refractivity contribution < 1.29 is 19.4 Å². The summed E-state index contributed by atoms with van der Waals surface area (Å²) in [5, 5.41) is 8.93. The molecule has 0 saturated carbocycles. The molecule has 0 radical (unpaired) electrons. The van der Waals surface area contributed by atoms with Crippen LogP contribution < -0.4 is 0 Å². The lowest BCUT2D eigenvalue weighted by Gasteiger charge is -2.31. The van der Waals surface area contributed by atoms with Crippen molar-refractivity contribution in [2.24, 2.45) is 0 Å². The van der Waals surface area contributed by atoms with Gasteiger partial charge < -0.3 is 14.7 Å². The van der Waals surface area contributed by atoms with Crippen LogP contribution in [0.25, 0.3) is 0 Å². The summed E-state index contributed by atoms with van der Waals surface area (Å²) in [4.78, 5) is 24.6. The number of carboxylic acids is 1. The number of carboxylic acid groups (broad SMARTS) is 1. The highest BCUT2D eigenvalue weighted by molar-refractivity contribution is 5.78. The molecule has 0 aliphatic carbocycles. The summed E-state index contributed by atoms with van der Waals surface area (Å²) in [6.45, 7) is 3.00. The molecule has 1 fully saturated rings. The van der Waals surface area contributed by atoms with Crippen LogP contribution in [0.5, 0.6) is 0 Å². The Balaban J connectivity index is 1.84. The number of aryl methyl sites for hydroxylation is 2. The van der Waals surface area contributed by atoms with E-state index < -0.39 is 12.1 Å². The van der Waals surface area contributed by atoms with Crippen molar-refractivity contribution in [1.82, 2.24) is 4.90 Å². The highest BCUT2D eigenvalue weighted by Crippen LogP contribution is 2.11. The van der Waals surface area contributed by atoms with Crippen LogP contribution in [0.4, 0.5) is 0 Å². The van der Waals surface area contributed by atoms with Gasteiger partial charge in [-0.05, 0) is 24.0 Å². The van der Waals surface area contributed by atoms with Gasteiger partial charge in [0.1, 0.15) is 0 Å². The number of carbonyl (C=O) groups is 2. The van der Waals surface area contributed by atoms with E-state index in [1.807, 2.05) is 12.1 Å². The third-order valence-electron chi connectivity index (χ3n) is 3.75. The van der Waals surface area contributed by atoms with E-state index in [9.17, 15) is 9.59 Å². The van der Waals surface area contributed by atoms with Gasteiger partial charge in [0, 0.05) is 13.0 Å². The molecule has 114 valence electrons. The molecule has 21 heavy (non-hydrogen) atoms. The van der Waals surface area contributed by atoms with Crippen LogP contribution in [0.2, 0.25) is 0 Å². The average Bonchev–Trinajstić information content (AvgIpc) is 2.53. The quantitative estimate of drug-likeness (QED) is 0.892. The van der Waals surface area contributed by atoms with E-state index >= 15 is 0 Å². The van der Waals surface area contributed by atoms with Crippen molar-refractivity contribution in [2.45, 2.75) is 32.3 Å². The minimum atomic E-state index is -1.01. The van der Waals surface area contributed by atoms with E-state index in [4.69, 9.17) is 9.84 Å². The maximum absolute atomic E-state index is 12.1. The topological polar surface area (TPSA) is 66.8 Å². The number of morpholine rings is 1. The van der Waals surface area contributed by atoms with Gasteiger partial charge >= 0.3 is 5.97 Å². The number of ether oxygens (including phenoxy) is 1. The van der Waals surface area contributed by atoms with Crippen molar-refractivity contribution in [2.75, 3.05) is 19.7 Å². The van der Waals surface area contributed by atoms with Gasteiger partial charge in [0.2, 0.25) is 5.91 Å². The molecule has 1 aromatic rings. The van der Waals surface area contributed by atoms with Gasteiger partial charge in [-0.3, -0.25) is 4.79 Å². The first-order chi connectivity index (χ1) is 10.1. The van der Waals surface area contributed by atoms with Gasteiger partial charge in [0.15, 0.2) is 6.10 Å². The van der Waals surface area contributed by atoms with E-state index in [-0.39, 0.29) is 19.1 Å². The number of aliphatic carboxylic acids is 1. The van der Waals surface area contributed by atoms with Gasteiger partial charge in [-0.1, -0.05) is 31.2 Å². The Kier molecular flexibility index (Phi) is 5.33. The SMILES string of the molecule is CCc1ccc(CCC(=O)N2CCO[C@H](C(=O)O)C2)cc1. The molecule has 0 aromatic heterocycles. The number of carbonyl (C=O) groups excluding carboxylic acids is 1. The minimum Gasteiger partial charge on any atom is -0.479 e. The van der Waals surface area contributed by atoms with Crippen LogP contribution in [0, 0.1) is 0 Å². The molecule has 0 spiro atoms. The summed E-state index contributed by atoms with van der Waals surface area (Å²) in [6, 6.07) is 8.25. The molecule has 1 amide bonds. The van der Waals surface area contributed by atoms with Crippen molar-refractivity contribution in [3.05, 3.63) is 35.4 Å². The van der Waals surface area contributed by atoms with E-state index in [0.29, 0.717) is 19.4 Å². The minimum absolute atomic E-state index is 0.0101. The van der Waals surface area contributed by atoms with Crippen molar-refractivity contribution in [3.63, 3.8) is 0 Å². The van der Waals surface area contributed by atoms with Crippen molar-refractivity contribution in [3.8, 4) is 0 Å². The number of nitrogens with zero attached hydrogens (tertiary/aromatic N) is 1. The highest BCUT2D eigenvalue weighted by atomic mass is 16.5. The molecular formula is C16H21NO4. The maximum Gasteiger partial charge on any atom is 0.334 e. The van der Waals surface area contributed by atoms with Gasteiger partial charge in [-0.15, -0.1) is 0 Å². The van der Waals surface area contributed by atoms with Crippen LogP contribution >= 0.6 is 0 Å². The van der Waals surface area contributed by atoms with Crippen LogP contribution in [-0.4, -0.2) is 47.7 Å². The molecule has 5 nitrogen and oxygen atoms in total. The molecule has 1 saturated heterocycles. The third-order valence-corrected chi connectivity index (χ3v) is 3.75. The van der Waals surface area contributed by atoms with Crippen LogP contribution in [0.15, 0.2) is 24.3 Å². The fraction of sp³-hybridized carbons (Fsp3) is 0.500. The summed E-state index contributed by atoms with van der Waals surface area (Å²) in [6.07, 6.45) is 1.19. The molecular weight excluding hydrogens is 270 g/mol. The maximum atomic E-state index is 12.1. The van der Waals surface area contributed by atoms with Crippen LogP contribution in [-0.2, 0) is 27.2 Å². The summed E-state index contributed by atoms with van der Waals surface area (Å²) in [7, 11) is 0. The number of amides is 1. The summed E-state index contributed by atoms with van der Waals surface area (Å²) in [5.74, 6) is -1.02. The second-order valence-electron chi connectivity index (χ2n) is 5.21. The molecule has 1 N–H and O–H groups in total. The van der Waals surface area contributed by atoms with E-state index in [1.165, 1.54) is 5.56 Å². The molecule has 5 heteroatoms. The standard InChI is InChI=1S/C16H21NO4/c1-2-12-3-5-13(6-4-12)7-8-15(18)17-9-10-21-14(11-17)16(19)20/h3-6,14H,2,7-11H2,1H3,(H,19,20)/t14-/m0/s1. The smallest absolute Gasteiger partial charge is 0.334 e. The molecule has 0 unspecified atom stereocenters. The largest absolute Gasteiger partial charge is 0.479 e. The number of hydrogen-bond acceptors (Lipinski definition) is 3. The van der Waals surface area contributed by atoms with E-state index in [1.54, 1.807) is 4.90 Å². The molecule has 1 aromatic carbocycles. The Bertz CT molecular complexity index is 498. The molecule has 1 heterocycles. The predicted molar refractivity (Wildman–Crippen MR) is 78.1 cm³/mol. The summed E-state index contributed by atoms with van der Waals surface area (Å²) in [5.41, 5.74) is 2.41. The Hall–Kier alpha value is -1.88. The Morgan fingerprint density at radius 3 is 2.57 bits per heavy atom. The lowest BCUT2D eigenvalue weighted by atomic mass is 10.1. The molecule has 1 aliphatic rings. The van der Waals surface area contributed by atoms with E-state index in [0.717, 1.165) is 12.0 Å². The Labute approximate surface area is 124 Å². The average molecular weight is 291 g/mol. The monoisotopic (exact) mass is 291 g/mol. The zero-order valence-corrected chi connectivity index (χ0v) is 12.2. The second kappa shape index (κ2) is 7.22. The first-order valence-corrected chi connectivity index (χ1v) is 7.30. The van der Waals surface area contributed by atoms with Crippen molar-refractivity contribution >= 4 is 11.9 Å². The lowest BCUT2D eigenvalue weighted by molar-refractivity contribution is -0.159. The first-order valence-electron chi connectivity index (χ1n) is 7.30. The number of hydrogen-bond donors (Lipinski definition) is 1. The predicted octanol–water partition coefficient (Wildman–Crippen LogP) is 1.49. The normalized spacial score (nSPS) is 18.5. The molecule has 2 rings (SSSR count). The molecule has 1 atom stereocenters. The summed E-state index contributed by atoms with van der Waals surface area (Å²) >= 11 is 0. The van der Waals surface area contributed by atoms with Crippen LogP contribution in [0.1, 0.15) is 24.5 Å². The van der Waals surface area contributed by atoms with E-state index in [2.05, 4.69) is 19.1 Å². The molecule has 1 aliphatic heterocycles. The zero-order valence-electron chi connectivity index (χ0n) is 12.2. The highest BCUT2D eigenvalue weighted by Gasteiger charge is 2.28. The lowest BCUT2D eigenvalue weighted by Crippen LogP contribution is -2.48. The van der Waals surface area contributed by atoms with Gasteiger partial charge in [0.25, 0.3) is 0 Å².